The molecule has 0 aliphatic carbocycles. The Morgan fingerprint density at radius 3 is 2.62 bits per heavy atom. The lowest BCUT2D eigenvalue weighted by Crippen LogP contribution is -1.98. The second-order valence-corrected chi connectivity index (χ2v) is 3.37. The number of hydrogen-bond acceptors (Lipinski definition) is 5. The minimum atomic E-state index is 0.281. The summed E-state index contributed by atoms with van der Waals surface area (Å²) in [4.78, 5) is 4.04. The lowest BCUT2D eigenvalue weighted by molar-refractivity contribution is 0.242. The molecule has 0 amide bonds. The standard InChI is InChI=1S/C11H13N3O2/c1-8-13-11(16-14-8)7-15-10-4-2-9(6-12)3-5-10/h2-5H,6-7,12H2,1H3. The summed E-state index contributed by atoms with van der Waals surface area (Å²) < 4.78 is 10.4. The molecule has 0 spiro atoms. The van der Waals surface area contributed by atoms with E-state index in [-0.39, 0.29) is 6.61 Å². The maximum Gasteiger partial charge on any atom is 0.264 e. The number of benzene rings is 1. The predicted octanol–water partition coefficient (Wildman–Crippen LogP) is 1.42. The average molecular weight is 219 g/mol. The first-order valence-corrected chi connectivity index (χ1v) is 4.99. The molecule has 1 aromatic carbocycles. The Morgan fingerprint density at radius 2 is 2.06 bits per heavy atom. The summed E-state index contributed by atoms with van der Waals surface area (Å²) in [5.74, 6) is 1.84. The highest BCUT2D eigenvalue weighted by Crippen LogP contribution is 2.13. The normalized spacial score (nSPS) is 10.4. The molecule has 0 aliphatic rings. The lowest BCUT2D eigenvalue weighted by Gasteiger charge is -2.03. The molecule has 2 N–H and O–H groups in total. The fourth-order valence-electron chi connectivity index (χ4n) is 1.27. The van der Waals surface area contributed by atoms with Crippen molar-refractivity contribution in [3.05, 3.63) is 41.5 Å². The topological polar surface area (TPSA) is 74.2 Å². The summed E-state index contributed by atoms with van der Waals surface area (Å²) in [6.45, 7) is 2.58. The summed E-state index contributed by atoms with van der Waals surface area (Å²) >= 11 is 0. The molecule has 2 rings (SSSR count). The fourth-order valence-corrected chi connectivity index (χ4v) is 1.27. The number of aryl methyl sites for hydroxylation is 1. The van der Waals surface area contributed by atoms with Gasteiger partial charge in [-0.2, -0.15) is 4.98 Å². The summed E-state index contributed by atoms with van der Waals surface area (Å²) in [5, 5.41) is 3.67. The van der Waals surface area contributed by atoms with Gasteiger partial charge in [-0.05, 0) is 24.6 Å². The summed E-state index contributed by atoms with van der Waals surface area (Å²) in [5.41, 5.74) is 6.56. The Labute approximate surface area is 93.2 Å². The fraction of sp³-hybridized carbons (Fsp3) is 0.273. The van der Waals surface area contributed by atoms with Crippen LogP contribution in [-0.2, 0) is 13.2 Å². The largest absolute Gasteiger partial charge is 0.484 e. The Kier molecular flexibility index (Phi) is 3.16. The van der Waals surface area contributed by atoms with Crippen LogP contribution in [0.1, 0.15) is 17.3 Å². The quantitative estimate of drug-likeness (QED) is 0.841. The average Bonchev–Trinajstić information content (AvgIpc) is 2.73. The maximum absolute atomic E-state index is 5.49. The van der Waals surface area contributed by atoms with E-state index >= 15 is 0 Å². The van der Waals surface area contributed by atoms with Crippen LogP contribution in [0.25, 0.3) is 0 Å². The highest BCUT2D eigenvalue weighted by atomic mass is 16.5. The van der Waals surface area contributed by atoms with Gasteiger partial charge in [0.15, 0.2) is 12.4 Å². The van der Waals surface area contributed by atoms with Crippen molar-refractivity contribution in [3.8, 4) is 5.75 Å². The van der Waals surface area contributed by atoms with Gasteiger partial charge in [-0.3, -0.25) is 0 Å². The molecule has 0 radical (unpaired) electrons. The van der Waals surface area contributed by atoms with E-state index in [0.717, 1.165) is 11.3 Å². The lowest BCUT2D eigenvalue weighted by atomic mass is 10.2. The van der Waals surface area contributed by atoms with Crippen molar-refractivity contribution in [2.45, 2.75) is 20.1 Å². The van der Waals surface area contributed by atoms with Crippen LogP contribution in [0, 0.1) is 6.92 Å². The van der Waals surface area contributed by atoms with E-state index < -0.39 is 0 Å². The zero-order valence-electron chi connectivity index (χ0n) is 9.01. The predicted molar refractivity (Wildman–Crippen MR) is 57.7 cm³/mol. The smallest absolute Gasteiger partial charge is 0.264 e. The van der Waals surface area contributed by atoms with Crippen LogP contribution in [0.2, 0.25) is 0 Å². The van der Waals surface area contributed by atoms with E-state index in [1.165, 1.54) is 0 Å². The second kappa shape index (κ2) is 4.76. The van der Waals surface area contributed by atoms with Gasteiger partial charge in [-0.25, -0.2) is 0 Å². The molecule has 5 nitrogen and oxygen atoms in total. The first-order chi connectivity index (χ1) is 7.78. The number of ether oxygens (including phenoxy) is 1. The first-order valence-electron chi connectivity index (χ1n) is 4.99. The van der Waals surface area contributed by atoms with E-state index in [2.05, 4.69) is 10.1 Å². The van der Waals surface area contributed by atoms with E-state index in [1.54, 1.807) is 6.92 Å². The number of aromatic nitrogens is 2. The molecule has 0 bridgehead atoms. The highest BCUT2D eigenvalue weighted by molar-refractivity contribution is 5.27. The Hall–Kier alpha value is -1.88. The van der Waals surface area contributed by atoms with Crippen molar-refractivity contribution in [3.63, 3.8) is 0 Å². The van der Waals surface area contributed by atoms with Crippen molar-refractivity contribution in [2.24, 2.45) is 5.73 Å². The Bertz CT molecular complexity index is 451. The monoisotopic (exact) mass is 219 g/mol. The number of rotatable bonds is 4. The van der Waals surface area contributed by atoms with Gasteiger partial charge in [0.1, 0.15) is 5.75 Å². The van der Waals surface area contributed by atoms with Gasteiger partial charge in [0.25, 0.3) is 5.89 Å². The third-order valence-electron chi connectivity index (χ3n) is 2.09. The van der Waals surface area contributed by atoms with Crippen molar-refractivity contribution in [1.29, 1.82) is 0 Å². The summed E-state index contributed by atoms with van der Waals surface area (Å²) in [6, 6.07) is 7.58. The minimum absolute atomic E-state index is 0.281. The second-order valence-electron chi connectivity index (χ2n) is 3.37. The number of hydrogen-bond donors (Lipinski definition) is 1. The molecule has 0 unspecified atom stereocenters. The van der Waals surface area contributed by atoms with Crippen LogP contribution in [0.5, 0.6) is 5.75 Å². The van der Waals surface area contributed by atoms with Gasteiger partial charge < -0.3 is 15.0 Å². The molecule has 1 heterocycles. The molecule has 0 saturated heterocycles. The van der Waals surface area contributed by atoms with Crippen LogP contribution in [0.4, 0.5) is 0 Å². The molecular formula is C11H13N3O2. The van der Waals surface area contributed by atoms with Gasteiger partial charge in [-0.1, -0.05) is 17.3 Å². The molecule has 0 aliphatic heterocycles. The van der Waals surface area contributed by atoms with Crippen molar-refractivity contribution >= 4 is 0 Å². The molecule has 0 fully saturated rings. The zero-order valence-corrected chi connectivity index (χ0v) is 9.01. The Morgan fingerprint density at radius 1 is 1.31 bits per heavy atom. The van der Waals surface area contributed by atoms with Gasteiger partial charge >= 0.3 is 0 Å². The number of nitrogens with zero attached hydrogens (tertiary/aromatic N) is 2. The van der Waals surface area contributed by atoms with Crippen LogP contribution in [0.3, 0.4) is 0 Å². The van der Waals surface area contributed by atoms with Crippen molar-refractivity contribution in [2.75, 3.05) is 0 Å². The third-order valence-corrected chi connectivity index (χ3v) is 2.09. The zero-order chi connectivity index (χ0) is 11.4. The summed E-state index contributed by atoms with van der Waals surface area (Å²) in [7, 11) is 0. The van der Waals surface area contributed by atoms with Crippen LogP contribution in [0.15, 0.2) is 28.8 Å². The SMILES string of the molecule is Cc1noc(COc2ccc(CN)cc2)n1. The van der Waals surface area contributed by atoms with Gasteiger partial charge in [0, 0.05) is 6.54 Å². The molecule has 16 heavy (non-hydrogen) atoms. The van der Waals surface area contributed by atoms with E-state index in [1.807, 2.05) is 24.3 Å². The molecule has 2 aromatic rings. The molecule has 0 atom stereocenters. The molecule has 0 saturated carbocycles. The van der Waals surface area contributed by atoms with E-state index in [9.17, 15) is 0 Å². The molecule has 5 heteroatoms. The highest BCUT2D eigenvalue weighted by Gasteiger charge is 2.03. The van der Waals surface area contributed by atoms with Crippen LogP contribution >= 0.6 is 0 Å². The van der Waals surface area contributed by atoms with Gasteiger partial charge in [-0.15, -0.1) is 0 Å². The van der Waals surface area contributed by atoms with E-state index in [4.69, 9.17) is 15.0 Å². The number of nitrogens with two attached hydrogens (primary N) is 1. The van der Waals surface area contributed by atoms with Crippen molar-refractivity contribution < 1.29 is 9.26 Å². The van der Waals surface area contributed by atoms with Crippen molar-refractivity contribution in [1.82, 2.24) is 10.1 Å². The van der Waals surface area contributed by atoms with Gasteiger partial charge in [0.2, 0.25) is 0 Å². The Balaban J connectivity index is 1.94. The van der Waals surface area contributed by atoms with Crippen LogP contribution in [-0.4, -0.2) is 10.1 Å². The third kappa shape index (κ3) is 2.58. The van der Waals surface area contributed by atoms with Gasteiger partial charge in [0.05, 0.1) is 0 Å². The molecular weight excluding hydrogens is 206 g/mol. The van der Waals surface area contributed by atoms with Crippen LogP contribution < -0.4 is 10.5 Å². The summed E-state index contributed by atoms with van der Waals surface area (Å²) in [6.07, 6.45) is 0. The van der Waals surface area contributed by atoms with E-state index in [0.29, 0.717) is 18.3 Å². The minimum Gasteiger partial charge on any atom is -0.484 e. The molecule has 84 valence electrons. The maximum atomic E-state index is 5.49. The molecule has 1 aromatic heterocycles. The first kappa shape index (κ1) is 10.6.